The van der Waals surface area contributed by atoms with Gasteiger partial charge in [0, 0.05) is 12.2 Å². The van der Waals surface area contributed by atoms with E-state index < -0.39 is 0 Å². The molecule has 3 aromatic rings. The molecule has 0 aliphatic carbocycles. The van der Waals surface area contributed by atoms with Crippen molar-refractivity contribution in [3.63, 3.8) is 0 Å². The number of nitrogens with one attached hydrogen (secondary N) is 1. The summed E-state index contributed by atoms with van der Waals surface area (Å²) in [6.07, 6.45) is 1.09. The fourth-order valence-electron chi connectivity index (χ4n) is 2.36. The number of benzene rings is 2. The first-order chi connectivity index (χ1) is 10.2. The first-order valence-electron chi connectivity index (χ1n) is 7.17. The number of fused-ring (bicyclic) bond motifs is 1. The molecule has 1 atom stereocenters. The van der Waals surface area contributed by atoms with E-state index in [1.54, 1.807) is 11.3 Å². The van der Waals surface area contributed by atoms with Crippen molar-refractivity contribution in [3.8, 4) is 0 Å². The normalized spacial score (nSPS) is 12.4. The molecule has 1 aromatic heterocycles. The summed E-state index contributed by atoms with van der Waals surface area (Å²) >= 11 is 1.66. The molecule has 4 heteroatoms. The van der Waals surface area contributed by atoms with Gasteiger partial charge in [-0.1, -0.05) is 48.6 Å². The van der Waals surface area contributed by atoms with Gasteiger partial charge in [-0.3, -0.25) is 0 Å². The van der Waals surface area contributed by atoms with Crippen LogP contribution in [-0.2, 0) is 0 Å². The van der Waals surface area contributed by atoms with Gasteiger partial charge < -0.3 is 11.1 Å². The number of hydrogen-bond donors (Lipinski definition) is 2. The van der Waals surface area contributed by atoms with Gasteiger partial charge in [0.15, 0.2) is 5.13 Å². The van der Waals surface area contributed by atoms with Crippen LogP contribution in [0.15, 0.2) is 48.5 Å². The molecular weight excluding hydrogens is 278 g/mol. The molecule has 0 aliphatic heterocycles. The van der Waals surface area contributed by atoms with E-state index in [1.807, 2.05) is 18.2 Å². The van der Waals surface area contributed by atoms with E-state index in [9.17, 15) is 0 Å². The molecule has 1 heterocycles. The predicted molar refractivity (Wildman–Crippen MR) is 92.0 cm³/mol. The van der Waals surface area contributed by atoms with Gasteiger partial charge in [-0.25, -0.2) is 4.98 Å². The van der Waals surface area contributed by atoms with Gasteiger partial charge in [0.1, 0.15) is 0 Å². The molecule has 0 radical (unpaired) electrons. The van der Waals surface area contributed by atoms with Crippen molar-refractivity contribution in [2.45, 2.75) is 19.3 Å². The van der Waals surface area contributed by atoms with E-state index in [4.69, 9.17) is 5.73 Å². The maximum atomic E-state index is 5.80. The van der Waals surface area contributed by atoms with Crippen molar-refractivity contribution in [1.82, 2.24) is 4.98 Å². The summed E-state index contributed by atoms with van der Waals surface area (Å²) in [7, 11) is 0. The molecule has 0 bridgehead atoms. The molecule has 0 saturated heterocycles. The third kappa shape index (κ3) is 3.34. The highest BCUT2D eigenvalue weighted by atomic mass is 32.1. The van der Waals surface area contributed by atoms with Crippen LogP contribution >= 0.6 is 11.3 Å². The molecular formula is C17H19N3S. The molecule has 21 heavy (non-hydrogen) atoms. The SMILES string of the molecule is CC(CCNc1nc2ccc(N)cc2s1)c1ccccc1. The van der Waals surface area contributed by atoms with E-state index in [0.717, 1.165) is 34.0 Å². The van der Waals surface area contributed by atoms with Crippen LogP contribution in [-0.4, -0.2) is 11.5 Å². The van der Waals surface area contributed by atoms with Crippen LogP contribution in [0.25, 0.3) is 10.2 Å². The zero-order valence-corrected chi connectivity index (χ0v) is 12.9. The van der Waals surface area contributed by atoms with Crippen molar-refractivity contribution >= 4 is 32.4 Å². The summed E-state index contributed by atoms with van der Waals surface area (Å²) < 4.78 is 1.13. The zero-order chi connectivity index (χ0) is 14.7. The summed E-state index contributed by atoms with van der Waals surface area (Å²) in [5.41, 5.74) is 8.98. The van der Waals surface area contributed by atoms with Gasteiger partial charge in [-0.2, -0.15) is 0 Å². The van der Waals surface area contributed by atoms with Crippen LogP contribution in [0.4, 0.5) is 10.8 Å². The van der Waals surface area contributed by atoms with Crippen LogP contribution in [0.5, 0.6) is 0 Å². The van der Waals surface area contributed by atoms with E-state index in [1.165, 1.54) is 5.56 Å². The minimum absolute atomic E-state index is 0.545. The summed E-state index contributed by atoms with van der Waals surface area (Å²) in [5, 5.41) is 4.39. The number of hydrogen-bond acceptors (Lipinski definition) is 4. The Morgan fingerprint density at radius 3 is 2.81 bits per heavy atom. The molecule has 1 unspecified atom stereocenters. The number of nitrogen functional groups attached to an aromatic ring is 1. The van der Waals surface area contributed by atoms with Crippen molar-refractivity contribution in [1.29, 1.82) is 0 Å². The predicted octanol–water partition coefficient (Wildman–Crippen LogP) is 4.48. The number of nitrogens with zero attached hydrogens (tertiary/aromatic N) is 1. The molecule has 108 valence electrons. The number of nitrogens with two attached hydrogens (primary N) is 1. The highest BCUT2D eigenvalue weighted by molar-refractivity contribution is 7.22. The Balaban J connectivity index is 1.59. The smallest absolute Gasteiger partial charge is 0.183 e. The Bertz CT molecular complexity index is 721. The third-order valence-electron chi connectivity index (χ3n) is 3.63. The van der Waals surface area contributed by atoms with Gasteiger partial charge in [-0.15, -0.1) is 0 Å². The Labute approximate surface area is 128 Å². The third-order valence-corrected chi connectivity index (χ3v) is 4.61. The minimum atomic E-state index is 0.545. The number of aromatic nitrogens is 1. The Morgan fingerprint density at radius 2 is 2.00 bits per heavy atom. The lowest BCUT2D eigenvalue weighted by Gasteiger charge is -2.11. The van der Waals surface area contributed by atoms with E-state index in [2.05, 4.69) is 47.6 Å². The van der Waals surface area contributed by atoms with Gasteiger partial charge >= 0.3 is 0 Å². The van der Waals surface area contributed by atoms with E-state index in [0.29, 0.717) is 5.92 Å². The van der Waals surface area contributed by atoms with Crippen molar-refractivity contribution in [3.05, 3.63) is 54.1 Å². The van der Waals surface area contributed by atoms with Crippen molar-refractivity contribution in [2.24, 2.45) is 0 Å². The van der Waals surface area contributed by atoms with Gasteiger partial charge in [0.25, 0.3) is 0 Å². The van der Waals surface area contributed by atoms with Gasteiger partial charge in [0.05, 0.1) is 10.2 Å². The highest BCUT2D eigenvalue weighted by Gasteiger charge is 2.06. The quantitative estimate of drug-likeness (QED) is 0.682. The fraction of sp³-hybridized carbons (Fsp3) is 0.235. The van der Waals surface area contributed by atoms with Crippen LogP contribution in [0.1, 0.15) is 24.8 Å². The summed E-state index contributed by atoms with van der Waals surface area (Å²) in [6.45, 7) is 3.18. The summed E-state index contributed by atoms with van der Waals surface area (Å²) in [6, 6.07) is 16.5. The molecule has 0 amide bonds. The Morgan fingerprint density at radius 1 is 1.19 bits per heavy atom. The second-order valence-corrected chi connectivity index (χ2v) is 6.30. The Kier molecular flexibility index (Phi) is 4.06. The average molecular weight is 297 g/mol. The Hall–Kier alpha value is -2.07. The lowest BCUT2D eigenvalue weighted by atomic mass is 9.98. The minimum Gasteiger partial charge on any atom is -0.399 e. The van der Waals surface area contributed by atoms with Crippen molar-refractivity contribution in [2.75, 3.05) is 17.6 Å². The van der Waals surface area contributed by atoms with Gasteiger partial charge in [-0.05, 0) is 36.1 Å². The van der Waals surface area contributed by atoms with E-state index in [-0.39, 0.29) is 0 Å². The zero-order valence-electron chi connectivity index (χ0n) is 12.0. The molecule has 0 saturated carbocycles. The van der Waals surface area contributed by atoms with Crippen LogP contribution in [0, 0.1) is 0 Å². The molecule has 3 rings (SSSR count). The summed E-state index contributed by atoms with van der Waals surface area (Å²) in [5.74, 6) is 0.545. The molecule has 2 aromatic carbocycles. The lowest BCUT2D eigenvalue weighted by Crippen LogP contribution is -2.05. The first kappa shape index (κ1) is 13.9. The number of rotatable bonds is 5. The standard InChI is InChI=1S/C17H19N3S/c1-12(13-5-3-2-4-6-13)9-10-19-17-20-15-8-7-14(18)11-16(15)21-17/h2-8,11-12H,9-10,18H2,1H3,(H,19,20). The first-order valence-corrected chi connectivity index (χ1v) is 7.99. The second-order valence-electron chi connectivity index (χ2n) is 5.27. The molecule has 3 N–H and O–H groups in total. The summed E-state index contributed by atoms with van der Waals surface area (Å²) in [4.78, 5) is 4.58. The van der Waals surface area contributed by atoms with Crippen LogP contribution in [0.3, 0.4) is 0 Å². The maximum Gasteiger partial charge on any atom is 0.183 e. The molecule has 0 fully saturated rings. The topological polar surface area (TPSA) is 50.9 Å². The average Bonchev–Trinajstić information content (AvgIpc) is 2.89. The number of anilines is 2. The molecule has 3 nitrogen and oxygen atoms in total. The lowest BCUT2D eigenvalue weighted by molar-refractivity contribution is 0.706. The molecule has 0 spiro atoms. The van der Waals surface area contributed by atoms with Crippen LogP contribution in [0.2, 0.25) is 0 Å². The largest absolute Gasteiger partial charge is 0.399 e. The van der Waals surface area contributed by atoms with Crippen LogP contribution < -0.4 is 11.1 Å². The maximum absolute atomic E-state index is 5.80. The number of thiazole rings is 1. The van der Waals surface area contributed by atoms with Crippen molar-refractivity contribution < 1.29 is 0 Å². The second kappa shape index (κ2) is 6.14. The molecule has 0 aliphatic rings. The van der Waals surface area contributed by atoms with Gasteiger partial charge in [0.2, 0.25) is 0 Å². The highest BCUT2D eigenvalue weighted by Crippen LogP contribution is 2.28. The fourth-order valence-corrected chi connectivity index (χ4v) is 3.30. The monoisotopic (exact) mass is 297 g/mol. The van der Waals surface area contributed by atoms with E-state index >= 15 is 0 Å².